The Morgan fingerprint density at radius 2 is 2.00 bits per heavy atom. The molecule has 0 aromatic carbocycles. The number of aromatic nitrogens is 1. The van der Waals surface area contributed by atoms with Crippen molar-refractivity contribution in [3.05, 3.63) is 41.5 Å². The molecule has 15 heavy (non-hydrogen) atoms. The molecule has 3 heteroatoms. The van der Waals surface area contributed by atoms with Crippen molar-refractivity contribution in [1.82, 2.24) is 4.98 Å². The molecule has 0 aliphatic heterocycles. The minimum Gasteiger partial charge on any atom is -0.293 e. The van der Waals surface area contributed by atoms with Crippen molar-refractivity contribution in [2.24, 2.45) is 0 Å². The van der Waals surface area contributed by atoms with Crippen LogP contribution < -0.4 is 0 Å². The number of carbonyl (C=O) groups is 1. The van der Waals surface area contributed by atoms with Crippen LogP contribution in [-0.4, -0.2) is 10.8 Å². The minimum atomic E-state index is 0.209. The lowest BCUT2D eigenvalue weighted by atomic mass is 10.2. The van der Waals surface area contributed by atoms with E-state index in [4.69, 9.17) is 0 Å². The first-order valence-corrected chi connectivity index (χ1v) is 5.66. The zero-order valence-electron chi connectivity index (χ0n) is 8.43. The second-order valence-electron chi connectivity index (χ2n) is 3.18. The van der Waals surface area contributed by atoms with Crippen molar-refractivity contribution in [1.29, 1.82) is 0 Å². The van der Waals surface area contributed by atoms with Crippen molar-refractivity contribution in [3.63, 3.8) is 0 Å². The predicted octanol–water partition coefficient (Wildman–Crippen LogP) is 3.40. The Balaban J connectivity index is 2.32. The maximum atomic E-state index is 11.5. The Bertz CT molecular complexity index is 461. The first kappa shape index (κ1) is 10.1. The normalized spacial score (nSPS) is 10.2. The highest BCUT2D eigenvalue weighted by Gasteiger charge is 2.07. The first-order valence-electron chi connectivity index (χ1n) is 4.84. The summed E-state index contributed by atoms with van der Waals surface area (Å²) in [5.74, 6) is 0.209. The van der Waals surface area contributed by atoms with E-state index in [-0.39, 0.29) is 5.78 Å². The summed E-state index contributed by atoms with van der Waals surface area (Å²) < 4.78 is 0. The van der Waals surface area contributed by atoms with Crippen molar-refractivity contribution >= 4 is 17.1 Å². The molecule has 2 aromatic heterocycles. The molecule has 0 amide bonds. The van der Waals surface area contributed by atoms with Crippen LogP contribution >= 0.6 is 11.3 Å². The molecule has 0 saturated heterocycles. The van der Waals surface area contributed by atoms with Crippen LogP contribution in [0.15, 0.2) is 36.7 Å². The first-order chi connectivity index (χ1) is 7.31. The van der Waals surface area contributed by atoms with E-state index in [2.05, 4.69) is 4.98 Å². The van der Waals surface area contributed by atoms with Gasteiger partial charge in [0, 0.05) is 23.7 Å². The highest BCUT2D eigenvalue weighted by Crippen LogP contribution is 2.28. The van der Waals surface area contributed by atoms with Crippen molar-refractivity contribution in [2.75, 3.05) is 0 Å². The molecule has 0 atom stereocenters. The quantitative estimate of drug-likeness (QED) is 0.737. The fraction of sp³-hybridized carbons (Fsp3) is 0.167. The zero-order chi connectivity index (χ0) is 10.7. The van der Waals surface area contributed by atoms with Gasteiger partial charge in [0.15, 0.2) is 5.78 Å². The van der Waals surface area contributed by atoms with Crippen molar-refractivity contribution in [3.8, 4) is 10.4 Å². The molecule has 0 saturated carbocycles. The summed E-state index contributed by atoms with van der Waals surface area (Å²) in [7, 11) is 0. The van der Waals surface area contributed by atoms with E-state index in [9.17, 15) is 4.79 Å². The Labute approximate surface area is 92.6 Å². The molecule has 0 unspecified atom stereocenters. The van der Waals surface area contributed by atoms with E-state index < -0.39 is 0 Å². The number of ketones is 1. The van der Waals surface area contributed by atoms with E-state index in [0.717, 1.165) is 15.3 Å². The molecular formula is C12H11NOS. The third-order valence-corrected chi connectivity index (χ3v) is 3.34. The maximum Gasteiger partial charge on any atom is 0.172 e. The third-order valence-electron chi connectivity index (χ3n) is 2.17. The molecule has 0 aliphatic carbocycles. The number of hydrogen-bond donors (Lipinski definition) is 0. The lowest BCUT2D eigenvalue weighted by Crippen LogP contribution is -1.90. The monoisotopic (exact) mass is 217 g/mol. The average molecular weight is 217 g/mol. The van der Waals surface area contributed by atoms with Crippen LogP contribution in [0.1, 0.15) is 23.0 Å². The Hall–Kier alpha value is -1.48. The number of Topliss-reactive ketones (excluding diaryl/α,β-unsaturated/α-hetero) is 1. The summed E-state index contributed by atoms with van der Waals surface area (Å²) >= 11 is 1.54. The molecule has 0 radical (unpaired) electrons. The SMILES string of the molecule is CCC(=O)c1ccc(-c2ccncc2)s1. The van der Waals surface area contributed by atoms with Gasteiger partial charge < -0.3 is 0 Å². The van der Waals surface area contributed by atoms with E-state index in [0.29, 0.717) is 6.42 Å². The molecule has 0 bridgehead atoms. The van der Waals surface area contributed by atoms with Gasteiger partial charge >= 0.3 is 0 Å². The van der Waals surface area contributed by atoms with Gasteiger partial charge in [0.05, 0.1) is 4.88 Å². The fourth-order valence-electron chi connectivity index (χ4n) is 1.33. The number of pyridine rings is 1. The van der Waals surface area contributed by atoms with Crippen LogP contribution in [-0.2, 0) is 0 Å². The van der Waals surface area contributed by atoms with Gasteiger partial charge in [-0.1, -0.05) is 6.92 Å². The van der Waals surface area contributed by atoms with Crippen LogP contribution in [0.25, 0.3) is 10.4 Å². The molecule has 2 aromatic rings. The Morgan fingerprint density at radius 3 is 2.67 bits per heavy atom. The zero-order valence-corrected chi connectivity index (χ0v) is 9.25. The third kappa shape index (κ3) is 2.13. The lowest BCUT2D eigenvalue weighted by molar-refractivity contribution is 0.0992. The van der Waals surface area contributed by atoms with Crippen LogP contribution in [0.2, 0.25) is 0 Å². The van der Waals surface area contributed by atoms with Gasteiger partial charge in [-0.3, -0.25) is 9.78 Å². The minimum absolute atomic E-state index is 0.209. The van der Waals surface area contributed by atoms with E-state index in [1.165, 1.54) is 0 Å². The highest BCUT2D eigenvalue weighted by molar-refractivity contribution is 7.17. The van der Waals surface area contributed by atoms with Gasteiger partial charge in [-0.2, -0.15) is 0 Å². The van der Waals surface area contributed by atoms with Crippen LogP contribution in [0.3, 0.4) is 0 Å². The average Bonchev–Trinajstić information content (AvgIpc) is 2.78. The largest absolute Gasteiger partial charge is 0.293 e. The number of thiophene rings is 1. The molecule has 0 spiro atoms. The standard InChI is InChI=1S/C12H11NOS/c1-2-10(14)12-4-3-11(15-12)9-5-7-13-8-6-9/h3-8H,2H2,1H3. The summed E-state index contributed by atoms with van der Waals surface area (Å²) in [4.78, 5) is 17.4. The fourth-order valence-corrected chi connectivity index (χ4v) is 2.35. The molecule has 0 fully saturated rings. The smallest absolute Gasteiger partial charge is 0.172 e. The van der Waals surface area contributed by atoms with Gasteiger partial charge in [0.25, 0.3) is 0 Å². The number of nitrogens with zero attached hydrogens (tertiary/aromatic N) is 1. The molecule has 76 valence electrons. The highest BCUT2D eigenvalue weighted by atomic mass is 32.1. The molecule has 0 aliphatic rings. The van der Waals surface area contributed by atoms with Gasteiger partial charge in [-0.25, -0.2) is 0 Å². The van der Waals surface area contributed by atoms with Crippen molar-refractivity contribution < 1.29 is 4.79 Å². The Kier molecular flexibility index (Phi) is 2.92. The Morgan fingerprint density at radius 1 is 1.27 bits per heavy atom. The number of rotatable bonds is 3. The lowest BCUT2D eigenvalue weighted by Gasteiger charge is -1.94. The number of hydrogen-bond acceptors (Lipinski definition) is 3. The molecule has 0 N–H and O–H groups in total. The number of carbonyl (C=O) groups excluding carboxylic acids is 1. The maximum absolute atomic E-state index is 11.5. The van der Waals surface area contributed by atoms with Crippen LogP contribution in [0.5, 0.6) is 0 Å². The molecule has 2 nitrogen and oxygen atoms in total. The van der Waals surface area contributed by atoms with Gasteiger partial charge in [-0.05, 0) is 29.8 Å². The summed E-state index contributed by atoms with van der Waals surface area (Å²) in [6.45, 7) is 1.88. The summed E-state index contributed by atoms with van der Waals surface area (Å²) in [5, 5.41) is 0. The summed E-state index contributed by atoms with van der Waals surface area (Å²) in [6, 6.07) is 7.78. The van der Waals surface area contributed by atoms with Gasteiger partial charge in [0.1, 0.15) is 0 Å². The summed E-state index contributed by atoms with van der Waals surface area (Å²) in [5.41, 5.74) is 1.12. The van der Waals surface area contributed by atoms with Crippen LogP contribution in [0.4, 0.5) is 0 Å². The van der Waals surface area contributed by atoms with Gasteiger partial charge in [-0.15, -0.1) is 11.3 Å². The second kappa shape index (κ2) is 4.36. The second-order valence-corrected chi connectivity index (χ2v) is 4.26. The molecular weight excluding hydrogens is 206 g/mol. The van der Waals surface area contributed by atoms with E-state index in [1.54, 1.807) is 23.7 Å². The topological polar surface area (TPSA) is 30.0 Å². The van der Waals surface area contributed by atoms with Gasteiger partial charge in [0.2, 0.25) is 0 Å². The summed E-state index contributed by atoms with van der Waals surface area (Å²) in [6.07, 6.45) is 4.09. The van der Waals surface area contributed by atoms with Crippen LogP contribution in [0, 0.1) is 0 Å². The molecule has 2 rings (SSSR count). The molecule has 2 heterocycles. The predicted molar refractivity (Wildman–Crippen MR) is 62.2 cm³/mol. The van der Waals surface area contributed by atoms with E-state index >= 15 is 0 Å². The van der Waals surface area contributed by atoms with E-state index in [1.807, 2.05) is 31.2 Å². The van der Waals surface area contributed by atoms with Crippen molar-refractivity contribution in [2.45, 2.75) is 13.3 Å².